The lowest BCUT2D eigenvalue weighted by molar-refractivity contribution is -0.0413. The van der Waals surface area contributed by atoms with Gasteiger partial charge in [0, 0.05) is 17.3 Å². The van der Waals surface area contributed by atoms with E-state index in [1.807, 2.05) is 0 Å². The maximum Gasteiger partial charge on any atom is 0.255 e. The minimum absolute atomic E-state index is 0.00146. The number of carbonyl (C=O) groups is 1. The van der Waals surface area contributed by atoms with Gasteiger partial charge in [0.25, 0.3) is 5.91 Å². The molecule has 2 aromatic rings. The number of fused-ring (bicyclic) bond motifs is 2. The van der Waals surface area contributed by atoms with E-state index in [4.69, 9.17) is 11.6 Å². The van der Waals surface area contributed by atoms with E-state index in [1.165, 1.54) is 18.2 Å². The fourth-order valence-electron chi connectivity index (χ4n) is 4.89. The Morgan fingerprint density at radius 1 is 1.10 bits per heavy atom. The Balaban J connectivity index is 1.61. The molecule has 5 nitrogen and oxygen atoms in total. The summed E-state index contributed by atoms with van der Waals surface area (Å²) in [7, 11) is -3.85. The van der Waals surface area contributed by atoms with Gasteiger partial charge in [-0.05, 0) is 74.8 Å². The van der Waals surface area contributed by atoms with Gasteiger partial charge in [0.05, 0.1) is 20.8 Å². The summed E-state index contributed by atoms with van der Waals surface area (Å²) in [5, 5.41) is 12.3. The third-order valence-corrected chi connectivity index (χ3v) is 9.33. The van der Waals surface area contributed by atoms with Crippen molar-refractivity contribution in [1.82, 2.24) is 0 Å². The lowest BCUT2D eigenvalue weighted by Gasteiger charge is -2.40. The van der Waals surface area contributed by atoms with Crippen molar-refractivity contribution in [3.8, 4) is 0 Å². The van der Waals surface area contributed by atoms with Crippen LogP contribution in [0, 0.1) is 23.5 Å². The van der Waals surface area contributed by atoms with Crippen LogP contribution in [0.2, 0.25) is 5.02 Å². The molecule has 2 fully saturated rings. The van der Waals surface area contributed by atoms with Gasteiger partial charge in [-0.1, -0.05) is 11.6 Å². The molecule has 0 spiro atoms. The Labute approximate surface area is 184 Å². The number of rotatable bonds is 4. The molecule has 9 heteroatoms. The molecule has 1 unspecified atom stereocenters. The first-order valence-electron chi connectivity index (χ1n) is 10.0. The molecule has 2 aliphatic carbocycles. The molecule has 2 aliphatic rings. The molecule has 2 aromatic carbocycles. The number of hydrogen-bond acceptors (Lipinski definition) is 4. The van der Waals surface area contributed by atoms with Gasteiger partial charge in [-0.15, -0.1) is 0 Å². The number of anilines is 1. The zero-order chi connectivity index (χ0) is 22.6. The van der Waals surface area contributed by atoms with Gasteiger partial charge >= 0.3 is 0 Å². The summed E-state index contributed by atoms with van der Waals surface area (Å²) < 4.78 is 53.5. The average Bonchev–Trinajstić information content (AvgIpc) is 2.84. The van der Waals surface area contributed by atoms with Crippen molar-refractivity contribution in [1.29, 1.82) is 0 Å². The molecule has 0 aromatic heterocycles. The lowest BCUT2D eigenvalue weighted by Crippen LogP contribution is -2.45. The monoisotopic (exact) mass is 469 g/mol. The Morgan fingerprint density at radius 3 is 2.26 bits per heavy atom. The summed E-state index contributed by atoms with van der Waals surface area (Å²) in [5.41, 5.74) is -0.955. The predicted molar refractivity (Wildman–Crippen MR) is 113 cm³/mol. The predicted octanol–water partition coefficient (Wildman–Crippen LogP) is 4.58. The highest BCUT2D eigenvalue weighted by Gasteiger charge is 2.53. The molecular formula is C22H22ClF2NO4S. The highest BCUT2D eigenvalue weighted by Crippen LogP contribution is 2.51. The van der Waals surface area contributed by atoms with Crippen LogP contribution in [0.4, 0.5) is 14.5 Å². The second kappa shape index (κ2) is 7.83. The van der Waals surface area contributed by atoms with E-state index in [0.717, 1.165) is 25.0 Å². The standard InChI is InChI=1S/C22H22ClF2NO4S/c1-22(28)13-3-4-14(22)8-18(7-13)31(29,30)20-6-12(2-5-19(20)23)21(27)26-17-10-15(24)9-16(25)11-17/h2,5-6,9-11,13-14,18,28H,3-4,7-8H2,1H3,(H,26,27)/t13-,14?,18-,22-/m0/s1. The number of aliphatic hydroxyl groups is 1. The van der Waals surface area contributed by atoms with E-state index in [1.54, 1.807) is 6.92 Å². The summed E-state index contributed by atoms with van der Waals surface area (Å²) in [6.07, 6.45) is 2.23. The van der Waals surface area contributed by atoms with Gasteiger partial charge in [0.15, 0.2) is 9.84 Å². The number of halogens is 3. The van der Waals surface area contributed by atoms with Gasteiger partial charge in [0.1, 0.15) is 11.6 Å². The molecular weight excluding hydrogens is 448 g/mol. The third kappa shape index (κ3) is 4.08. The Bertz CT molecular complexity index is 1120. The maximum absolute atomic E-state index is 13.4. The van der Waals surface area contributed by atoms with E-state index < -0.39 is 38.2 Å². The fourth-order valence-corrected chi connectivity index (χ4v) is 7.29. The minimum atomic E-state index is -3.85. The van der Waals surface area contributed by atoms with Crippen LogP contribution < -0.4 is 5.32 Å². The van der Waals surface area contributed by atoms with Gasteiger partial charge in [-0.25, -0.2) is 17.2 Å². The molecule has 2 saturated carbocycles. The van der Waals surface area contributed by atoms with Gasteiger partial charge < -0.3 is 10.4 Å². The van der Waals surface area contributed by atoms with Crippen LogP contribution in [0.1, 0.15) is 43.0 Å². The number of benzene rings is 2. The van der Waals surface area contributed by atoms with Crippen LogP contribution in [0.3, 0.4) is 0 Å². The number of amides is 1. The van der Waals surface area contributed by atoms with Crippen molar-refractivity contribution >= 4 is 33.0 Å². The van der Waals surface area contributed by atoms with E-state index >= 15 is 0 Å². The van der Waals surface area contributed by atoms with Crippen molar-refractivity contribution in [2.75, 3.05) is 5.32 Å². The quantitative estimate of drug-likeness (QED) is 0.686. The molecule has 31 heavy (non-hydrogen) atoms. The van der Waals surface area contributed by atoms with E-state index in [9.17, 15) is 27.1 Å². The second-order valence-corrected chi connectivity index (χ2v) is 11.2. The molecule has 0 heterocycles. The van der Waals surface area contributed by atoms with Crippen LogP contribution in [-0.2, 0) is 9.84 Å². The lowest BCUT2D eigenvalue weighted by atomic mass is 9.76. The van der Waals surface area contributed by atoms with Gasteiger partial charge in [-0.3, -0.25) is 4.79 Å². The minimum Gasteiger partial charge on any atom is -0.390 e. The van der Waals surface area contributed by atoms with Crippen molar-refractivity contribution in [2.45, 2.75) is 48.4 Å². The summed E-state index contributed by atoms with van der Waals surface area (Å²) in [4.78, 5) is 12.4. The molecule has 4 atom stereocenters. The van der Waals surface area contributed by atoms with E-state index in [0.29, 0.717) is 18.9 Å². The highest BCUT2D eigenvalue weighted by atomic mass is 35.5. The molecule has 2 bridgehead atoms. The molecule has 166 valence electrons. The molecule has 1 amide bonds. The zero-order valence-electron chi connectivity index (χ0n) is 16.7. The highest BCUT2D eigenvalue weighted by molar-refractivity contribution is 7.92. The summed E-state index contributed by atoms with van der Waals surface area (Å²) in [6, 6.07) is 6.45. The van der Waals surface area contributed by atoms with Crippen LogP contribution in [-0.4, -0.2) is 30.3 Å². The Kier molecular flexibility index (Phi) is 5.60. The fraction of sp³-hybridized carbons (Fsp3) is 0.409. The smallest absolute Gasteiger partial charge is 0.255 e. The van der Waals surface area contributed by atoms with Crippen LogP contribution in [0.15, 0.2) is 41.3 Å². The topological polar surface area (TPSA) is 83.5 Å². The first kappa shape index (κ1) is 22.2. The van der Waals surface area contributed by atoms with Crippen molar-refractivity contribution in [3.05, 3.63) is 58.6 Å². The van der Waals surface area contributed by atoms with Crippen LogP contribution in [0.25, 0.3) is 0 Å². The number of carbonyl (C=O) groups excluding carboxylic acids is 1. The summed E-state index contributed by atoms with van der Waals surface area (Å²) in [6.45, 7) is 1.77. The summed E-state index contributed by atoms with van der Waals surface area (Å²) >= 11 is 6.19. The SMILES string of the molecule is C[C@@]1(O)C2CC[C@H]1C[C@H](S(=O)(=O)c1cc(C(=O)Nc3cc(F)cc(F)c3)ccc1Cl)C2. The van der Waals surface area contributed by atoms with Crippen molar-refractivity contribution in [2.24, 2.45) is 11.8 Å². The number of hydrogen-bond donors (Lipinski definition) is 2. The van der Waals surface area contributed by atoms with E-state index in [-0.39, 0.29) is 33.0 Å². The normalized spacial score (nSPS) is 27.8. The molecule has 0 aliphatic heterocycles. The van der Waals surface area contributed by atoms with Gasteiger partial charge in [-0.2, -0.15) is 0 Å². The van der Waals surface area contributed by atoms with Crippen LogP contribution in [0.5, 0.6) is 0 Å². The first-order chi connectivity index (χ1) is 14.5. The molecule has 0 saturated heterocycles. The molecule has 4 rings (SSSR count). The average molecular weight is 470 g/mol. The zero-order valence-corrected chi connectivity index (χ0v) is 18.3. The molecule has 2 N–H and O–H groups in total. The summed E-state index contributed by atoms with van der Waals surface area (Å²) in [5.74, 6) is -2.61. The Hall–Kier alpha value is -2.03. The largest absolute Gasteiger partial charge is 0.390 e. The number of nitrogens with one attached hydrogen (secondary N) is 1. The van der Waals surface area contributed by atoms with Crippen molar-refractivity contribution < 1.29 is 27.1 Å². The Morgan fingerprint density at radius 2 is 1.68 bits per heavy atom. The maximum atomic E-state index is 13.4. The van der Waals surface area contributed by atoms with Crippen molar-refractivity contribution in [3.63, 3.8) is 0 Å². The van der Waals surface area contributed by atoms with Gasteiger partial charge in [0.2, 0.25) is 0 Å². The first-order valence-corrected chi connectivity index (χ1v) is 11.9. The molecule has 0 radical (unpaired) electrons. The van der Waals surface area contributed by atoms with E-state index in [2.05, 4.69) is 5.32 Å². The number of sulfone groups is 1. The third-order valence-electron chi connectivity index (χ3n) is 6.67. The van der Waals surface area contributed by atoms with Crippen LogP contribution >= 0.6 is 11.6 Å². The second-order valence-electron chi connectivity index (χ2n) is 8.59.